The molecule has 200 valence electrons. The van der Waals surface area contributed by atoms with E-state index in [-0.39, 0.29) is 37.8 Å². The van der Waals surface area contributed by atoms with E-state index in [4.69, 9.17) is 23.4 Å². The van der Waals surface area contributed by atoms with Crippen molar-refractivity contribution in [3.8, 4) is 0 Å². The molecule has 0 bridgehead atoms. The van der Waals surface area contributed by atoms with Crippen LogP contribution in [-0.2, 0) is 27.9 Å². The number of carbonyl (C=O) groups excluding carboxylic acids is 2. The van der Waals surface area contributed by atoms with Crippen molar-refractivity contribution in [2.75, 3.05) is 13.2 Å². The molecule has 0 aromatic rings. The van der Waals surface area contributed by atoms with Crippen LogP contribution in [0.4, 0.5) is 0 Å². The van der Waals surface area contributed by atoms with Crippen LogP contribution in [0.15, 0.2) is 12.7 Å². The summed E-state index contributed by atoms with van der Waals surface area (Å²) in [5, 5.41) is 28.5. The summed E-state index contributed by atoms with van der Waals surface area (Å²) in [6.45, 7) is 16.8. The number of aliphatic hydroxyl groups excluding tert-OH is 3. The minimum absolute atomic E-state index is 0.0820. The maximum Gasteiger partial charge on any atom is 0.332 e. The first-order valence-electron chi connectivity index (χ1n) is 12.0. The zero-order chi connectivity index (χ0) is 26.5. The van der Waals surface area contributed by atoms with E-state index < -0.39 is 46.6 Å². The molecule has 5 atom stereocenters. The molecule has 0 aliphatic carbocycles. The molecule has 0 aromatic heterocycles. The van der Waals surface area contributed by atoms with Crippen molar-refractivity contribution in [2.45, 2.75) is 109 Å². The van der Waals surface area contributed by atoms with Crippen molar-refractivity contribution in [3.63, 3.8) is 0 Å². The average Bonchev–Trinajstić information content (AvgIpc) is 2.74. The van der Waals surface area contributed by atoms with Gasteiger partial charge in [-0.25, -0.2) is 4.79 Å². The predicted octanol–water partition coefficient (Wildman–Crippen LogP) is 3.03. The van der Waals surface area contributed by atoms with Crippen molar-refractivity contribution in [1.82, 2.24) is 0 Å². The van der Waals surface area contributed by atoms with Crippen LogP contribution in [0.1, 0.15) is 52.9 Å². The molecule has 34 heavy (non-hydrogen) atoms. The zero-order valence-corrected chi connectivity index (χ0v) is 23.9. The summed E-state index contributed by atoms with van der Waals surface area (Å²) < 4.78 is 23.1. The van der Waals surface area contributed by atoms with Crippen LogP contribution in [0.3, 0.4) is 0 Å². The van der Waals surface area contributed by atoms with Gasteiger partial charge in [-0.2, -0.15) is 0 Å². The summed E-state index contributed by atoms with van der Waals surface area (Å²) in [7, 11) is -4.97. The van der Waals surface area contributed by atoms with Crippen LogP contribution in [-0.4, -0.2) is 81.3 Å². The summed E-state index contributed by atoms with van der Waals surface area (Å²) in [4.78, 5) is 24.1. The second kappa shape index (κ2) is 15.8. The molecule has 0 radical (unpaired) electrons. The Balaban J connectivity index is 4.80. The molecule has 0 aliphatic rings. The van der Waals surface area contributed by atoms with Gasteiger partial charge in [0.1, 0.15) is 0 Å². The van der Waals surface area contributed by atoms with E-state index in [1.54, 1.807) is 13.8 Å². The molecule has 0 spiro atoms. The first-order chi connectivity index (χ1) is 15.7. The monoisotopic (exact) mass is 522 g/mol. The molecule has 0 rings (SSSR count). The highest BCUT2D eigenvalue weighted by Gasteiger charge is 2.45. The smallest absolute Gasteiger partial charge is 0.332 e. The molecule has 3 N–H and O–H groups in total. The van der Waals surface area contributed by atoms with Crippen molar-refractivity contribution < 1.29 is 43.2 Å². The van der Waals surface area contributed by atoms with Crippen molar-refractivity contribution in [1.29, 1.82) is 0 Å². The quantitative estimate of drug-likeness (QED) is 0.108. The fourth-order valence-electron chi connectivity index (χ4n) is 3.58. The fourth-order valence-corrected chi connectivity index (χ4v) is 12.4. The molecule has 0 saturated heterocycles. The van der Waals surface area contributed by atoms with Gasteiger partial charge in [0.2, 0.25) is 14.6 Å². The Morgan fingerprint density at radius 2 is 1.53 bits per heavy atom. The Labute approximate surface area is 206 Å². The minimum atomic E-state index is -2.53. The van der Waals surface area contributed by atoms with Crippen LogP contribution in [0.2, 0.25) is 31.7 Å². The number of hydrogen-bond acceptors (Lipinski definition) is 9. The van der Waals surface area contributed by atoms with Crippen LogP contribution in [0.5, 0.6) is 0 Å². The van der Waals surface area contributed by atoms with Gasteiger partial charge in [0.05, 0.1) is 30.1 Å². The van der Waals surface area contributed by atoms with Gasteiger partial charge in [-0.1, -0.05) is 20.4 Å². The normalized spacial score (nSPS) is 16.8. The molecule has 5 unspecified atom stereocenters. The molecule has 0 aromatic carbocycles. The number of carbonyl (C=O) groups is 2. The molecule has 0 fully saturated rings. The van der Waals surface area contributed by atoms with E-state index in [0.29, 0.717) is 19.3 Å². The molecule has 0 amide bonds. The molecule has 0 aliphatic heterocycles. The zero-order valence-electron chi connectivity index (χ0n) is 21.9. The van der Waals surface area contributed by atoms with Gasteiger partial charge >= 0.3 is 11.9 Å². The fraction of sp³-hybridized carbons (Fsp3) is 0.826. The SMILES string of the molecule is C=CC(=O)OC(C)OC(CC)[Si](C)(C)O[Si](C)(C)C(C)C(=O)OCCC(O)CCC(O)CCO. The van der Waals surface area contributed by atoms with Crippen LogP contribution in [0.25, 0.3) is 0 Å². The lowest BCUT2D eigenvalue weighted by molar-refractivity contribution is -0.174. The number of esters is 2. The van der Waals surface area contributed by atoms with Gasteiger partial charge < -0.3 is 33.6 Å². The highest BCUT2D eigenvalue weighted by molar-refractivity contribution is 6.87. The maximum absolute atomic E-state index is 12.7. The van der Waals surface area contributed by atoms with Gasteiger partial charge in [-0.3, -0.25) is 4.79 Å². The maximum atomic E-state index is 12.7. The van der Waals surface area contributed by atoms with Gasteiger partial charge in [0.25, 0.3) is 0 Å². The molecule has 9 nitrogen and oxygen atoms in total. The lowest BCUT2D eigenvalue weighted by Gasteiger charge is -2.41. The molecule has 0 saturated carbocycles. The number of rotatable bonds is 18. The largest absolute Gasteiger partial charge is 0.466 e. The third-order valence-electron chi connectivity index (χ3n) is 5.86. The molecule has 0 heterocycles. The Bertz CT molecular complexity index is 628. The average molecular weight is 523 g/mol. The van der Waals surface area contributed by atoms with Crippen molar-refractivity contribution >= 4 is 28.6 Å². The summed E-state index contributed by atoms with van der Waals surface area (Å²) >= 11 is 0. The standard InChI is InChI=1S/C23H46O9Si2/c1-9-21(27)30-18(4)31-22(10-2)34(7,8)32-33(5,6)17(3)23(28)29-16-14-20(26)12-11-19(25)13-15-24/h9,17-20,22,24-26H,1,10-16H2,2-8H3. The van der Waals surface area contributed by atoms with E-state index in [9.17, 15) is 19.8 Å². The van der Waals surface area contributed by atoms with Gasteiger partial charge in [-0.15, -0.1) is 0 Å². The van der Waals surface area contributed by atoms with E-state index in [1.807, 2.05) is 33.1 Å². The van der Waals surface area contributed by atoms with Gasteiger partial charge in [0.15, 0.2) is 8.32 Å². The predicted molar refractivity (Wildman–Crippen MR) is 135 cm³/mol. The third-order valence-corrected chi connectivity index (χ3v) is 14.5. The minimum Gasteiger partial charge on any atom is -0.466 e. The van der Waals surface area contributed by atoms with E-state index in [2.05, 4.69) is 6.58 Å². The summed E-state index contributed by atoms with van der Waals surface area (Å²) in [6.07, 6.45) is 0.987. The Hall–Kier alpha value is -1.09. The second-order valence-electron chi connectivity index (χ2n) is 9.63. The molecular formula is C23H46O9Si2. The van der Waals surface area contributed by atoms with Gasteiger partial charge in [-0.05, 0) is 58.8 Å². The third kappa shape index (κ3) is 12.6. The molecule has 11 heteroatoms. The number of hydrogen-bond donors (Lipinski definition) is 3. The van der Waals surface area contributed by atoms with Crippen LogP contribution in [0, 0.1) is 0 Å². The van der Waals surface area contributed by atoms with Crippen molar-refractivity contribution in [3.05, 3.63) is 12.7 Å². The topological polar surface area (TPSA) is 132 Å². The van der Waals surface area contributed by atoms with E-state index in [0.717, 1.165) is 6.08 Å². The van der Waals surface area contributed by atoms with Crippen LogP contribution < -0.4 is 0 Å². The number of aliphatic hydroxyl groups is 3. The Morgan fingerprint density at radius 3 is 2.03 bits per heavy atom. The molecular weight excluding hydrogens is 476 g/mol. The summed E-state index contributed by atoms with van der Waals surface area (Å²) in [5.74, 6) is -0.920. The van der Waals surface area contributed by atoms with Crippen molar-refractivity contribution in [2.24, 2.45) is 0 Å². The summed E-state index contributed by atoms with van der Waals surface area (Å²) in [5.41, 5.74) is -0.678. The lowest BCUT2D eigenvalue weighted by Crippen LogP contribution is -2.56. The lowest BCUT2D eigenvalue weighted by atomic mass is 10.1. The number of ether oxygens (including phenoxy) is 3. The Morgan fingerprint density at radius 1 is 0.971 bits per heavy atom. The highest BCUT2D eigenvalue weighted by atomic mass is 28.4. The highest BCUT2D eigenvalue weighted by Crippen LogP contribution is 2.31. The van der Waals surface area contributed by atoms with Crippen LogP contribution >= 0.6 is 0 Å². The first-order valence-corrected chi connectivity index (χ1v) is 18.0. The first kappa shape index (κ1) is 32.9. The van der Waals surface area contributed by atoms with Gasteiger partial charge in [0, 0.05) is 19.1 Å². The second-order valence-corrected chi connectivity index (χ2v) is 18.4. The Kier molecular flexibility index (Phi) is 15.3. The summed E-state index contributed by atoms with van der Waals surface area (Å²) in [6, 6.07) is 0. The van der Waals surface area contributed by atoms with E-state index in [1.165, 1.54) is 0 Å². The van der Waals surface area contributed by atoms with E-state index >= 15 is 0 Å².